The van der Waals surface area contributed by atoms with Crippen LogP contribution in [0.5, 0.6) is 0 Å². The Kier molecular flexibility index (Phi) is 5.09. The summed E-state index contributed by atoms with van der Waals surface area (Å²) in [5, 5.41) is 8.00. The van der Waals surface area contributed by atoms with Gasteiger partial charge in [-0.2, -0.15) is 5.10 Å². The maximum absolute atomic E-state index is 12.9. The highest BCUT2D eigenvalue weighted by molar-refractivity contribution is 6.30. The fourth-order valence-electron chi connectivity index (χ4n) is 3.47. The lowest BCUT2D eigenvalue weighted by atomic mass is 10.0. The first-order chi connectivity index (χ1) is 13.5. The van der Waals surface area contributed by atoms with Gasteiger partial charge in [-0.05, 0) is 61.4 Å². The summed E-state index contributed by atoms with van der Waals surface area (Å²) in [5.74, 6) is -0.00154. The fourth-order valence-corrected chi connectivity index (χ4v) is 3.60. The highest BCUT2D eigenvalue weighted by Gasteiger charge is 2.24. The van der Waals surface area contributed by atoms with Crippen LogP contribution in [0.3, 0.4) is 0 Å². The van der Waals surface area contributed by atoms with Gasteiger partial charge in [0.2, 0.25) is 0 Å². The summed E-state index contributed by atoms with van der Waals surface area (Å²) in [5.41, 5.74) is 5.95. The first kappa shape index (κ1) is 18.6. The van der Waals surface area contributed by atoms with E-state index in [9.17, 15) is 4.79 Å². The number of hydrogen-bond acceptors (Lipinski definition) is 3. The molecule has 1 amide bonds. The van der Waals surface area contributed by atoms with Crippen LogP contribution in [0.4, 0.5) is 5.69 Å². The van der Waals surface area contributed by atoms with Gasteiger partial charge in [-0.15, -0.1) is 0 Å². The highest BCUT2D eigenvalue weighted by atomic mass is 35.5. The number of H-pyrrole nitrogens is 1. The zero-order chi connectivity index (χ0) is 19.7. The van der Waals surface area contributed by atoms with Crippen molar-refractivity contribution < 1.29 is 4.79 Å². The molecule has 2 aromatic carbocycles. The lowest BCUT2D eigenvalue weighted by Gasteiger charge is -2.35. The van der Waals surface area contributed by atoms with Gasteiger partial charge in [-0.25, -0.2) is 0 Å². The second-order valence-corrected chi connectivity index (χ2v) is 7.66. The normalized spacial score (nSPS) is 14.4. The van der Waals surface area contributed by atoms with E-state index in [4.69, 9.17) is 11.6 Å². The summed E-state index contributed by atoms with van der Waals surface area (Å²) in [6.07, 6.45) is 0. The third-order valence-corrected chi connectivity index (χ3v) is 5.62. The Morgan fingerprint density at radius 2 is 1.68 bits per heavy atom. The highest BCUT2D eigenvalue weighted by Crippen LogP contribution is 2.23. The van der Waals surface area contributed by atoms with Gasteiger partial charge in [-0.3, -0.25) is 9.89 Å². The van der Waals surface area contributed by atoms with Crippen molar-refractivity contribution in [3.63, 3.8) is 0 Å². The third kappa shape index (κ3) is 3.76. The van der Waals surface area contributed by atoms with Crippen molar-refractivity contribution in [1.82, 2.24) is 15.1 Å². The van der Waals surface area contributed by atoms with Crippen LogP contribution in [0, 0.1) is 13.8 Å². The Hall–Kier alpha value is -2.79. The summed E-state index contributed by atoms with van der Waals surface area (Å²) in [7, 11) is 0. The van der Waals surface area contributed by atoms with Crippen LogP contribution in [-0.4, -0.2) is 47.2 Å². The third-order valence-electron chi connectivity index (χ3n) is 5.37. The van der Waals surface area contributed by atoms with Crippen LogP contribution < -0.4 is 4.90 Å². The summed E-state index contributed by atoms with van der Waals surface area (Å²) in [6.45, 7) is 7.12. The number of aryl methyl sites for hydroxylation is 2. The number of nitrogens with one attached hydrogen (secondary N) is 1. The van der Waals surface area contributed by atoms with E-state index in [0.29, 0.717) is 18.8 Å². The molecule has 144 valence electrons. The molecule has 1 saturated heterocycles. The van der Waals surface area contributed by atoms with Crippen molar-refractivity contribution >= 4 is 23.2 Å². The molecule has 0 saturated carbocycles. The zero-order valence-corrected chi connectivity index (χ0v) is 16.8. The van der Waals surface area contributed by atoms with Crippen LogP contribution in [0.15, 0.2) is 48.5 Å². The molecule has 6 heteroatoms. The molecule has 0 spiro atoms. The van der Waals surface area contributed by atoms with Crippen LogP contribution in [0.1, 0.15) is 21.6 Å². The van der Waals surface area contributed by atoms with Crippen LogP contribution in [-0.2, 0) is 0 Å². The molecular formula is C22H23ClN4O. The second kappa shape index (κ2) is 7.68. The number of carbonyl (C=O) groups is 1. The van der Waals surface area contributed by atoms with Gasteiger partial charge >= 0.3 is 0 Å². The molecule has 3 aromatic rings. The number of piperazine rings is 1. The van der Waals surface area contributed by atoms with Crippen molar-refractivity contribution in [2.24, 2.45) is 0 Å². The monoisotopic (exact) mass is 394 g/mol. The largest absolute Gasteiger partial charge is 0.368 e. The second-order valence-electron chi connectivity index (χ2n) is 7.22. The van der Waals surface area contributed by atoms with E-state index in [1.54, 1.807) is 0 Å². The maximum Gasteiger partial charge on any atom is 0.272 e. The summed E-state index contributed by atoms with van der Waals surface area (Å²) < 4.78 is 0. The zero-order valence-electron chi connectivity index (χ0n) is 16.1. The Bertz CT molecular complexity index is 988. The lowest BCUT2D eigenvalue weighted by molar-refractivity contribution is 0.0741. The van der Waals surface area contributed by atoms with Crippen molar-refractivity contribution in [3.8, 4) is 11.3 Å². The molecule has 1 N–H and O–H groups in total. The summed E-state index contributed by atoms with van der Waals surface area (Å²) in [6, 6.07) is 15.9. The van der Waals surface area contributed by atoms with E-state index in [1.165, 1.54) is 11.1 Å². The molecule has 1 aliphatic rings. The Balaban J connectivity index is 1.42. The SMILES string of the molecule is Cc1ccc(-c2cc(C(=O)N3CCN(c4ccc(Cl)cc4)CC3)[nH]n2)cc1C. The van der Waals surface area contributed by atoms with Crippen molar-refractivity contribution in [3.05, 3.63) is 70.4 Å². The van der Waals surface area contributed by atoms with Gasteiger partial charge in [0.15, 0.2) is 0 Å². The van der Waals surface area contributed by atoms with Gasteiger partial charge < -0.3 is 9.80 Å². The molecule has 2 heterocycles. The predicted molar refractivity (Wildman–Crippen MR) is 113 cm³/mol. The van der Waals surface area contributed by atoms with E-state index < -0.39 is 0 Å². The standard InChI is InChI=1S/C22H23ClN4O/c1-15-3-4-17(13-16(15)2)20-14-21(25-24-20)22(28)27-11-9-26(10-12-27)19-7-5-18(23)6-8-19/h3-8,13-14H,9-12H2,1-2H3,(H,24,25). The van der Waals surface area contributed by atoms with E-state index >= 15 is 0 Å². The first-order valence-corrected chi connectivity index (χ1v) is 9.82. The van der Waals surface area contributed by atoms with Crippen molar-refractivity contribution in [1.29, 1.82) is 0 Å². The molecule has 0 unspecified atom stereocenters. The molecule has 0 radical (unpaired) electrons. The molecule has 1 aromatic heterocycles. The minimum atomic E-state index is -0.00154. The Morgan fingerprint density at radius 1 is 0.964 bits per heavy atom. The number of carbonyl (C=O) groups excluding carboxylic acids is 1. The van der Waals surface area contributed by atoms with Gasteiger partial charge in [0.1, 0.15) is 5.69 Å². The van der Waals surface area contributed by atoms with E-state index in [0.717, 1.165) is 35.1 Å². The maximum atomic E-state index is 12.9. The number of nitrogens with zero attached hydrogens (tertiary/aromatic N) is 3. The molecule has 0 atom stereocenters. The minimum Gasteiger partial charge on any atom is -0.368 e. The number of hydrogen-bond donors (Lipinski definition) is 1. The number of aromatic amines is 1. The van der Waals surface area contributed by atoms with Crippen molar-refractivity contribution in [2.45, 2.75) is 13.8 Å². The topological polar surface area (TPSA) is 52.2 Å². The summed E-state index contributed by atoms with van der Waals surface area (Å²) >= 11 is 5.96. The van der Waals surface area contributed by atoms with E-state index in [1.807, 2.05) is 41.3 Å². The van der Waals surface area contributed by atoms with Gasteiger partial charge in [0.25, 0.3) is 5.91 Å². The number of halogens is 1. The Morgan fingerprint density at radius 3 is 2.36 bits per heavy atom. The lowest BCUT2D eigenvalue weighted by Crippen LogP contribution is -2.48. The molecule has 1 fully saturated rings. The number of aromatic nitrogens is 2. The van der Waals surface area contributed by atoms with E-state index in [-0.39, 0.29) is 5.91 Å². The van der Waals surface area contributed by atoms with E-state index in [2.05, 4.69) is 41.1 Å². The van der Waals surface area contributed by atoms with Crippen LogP contribution in [0.2, 0.25) is 5.02 Å². The quantitative estimate of drug-likeness (QED) is 0.720. The number of amides is 1. The molecule has 0 bridgehead atoms. The van der Waals surface area contributed by atoms with Gasteiger partial charge in [0.05, 0.1) is 5.69 Å². The average Bonchev–Trinajstić information content (AvgIpc) is 3.20. The smallest absolute Gasteiger partial charge is 0.272 e. The van der Waals surface area contributed by atoms with Gasteiger partial charge in [0, 0.05) is 42.5 Å². The van der Waals surface area contributed by atoms with Gasteiger partial charge in [-0.1, -0.05) is 23.7 Å². The molecule has 1 aliphatic heterocycles. The first-order valence-electron chi connectivity index (χ1n) is 9.44. The number of benzene rings is 2. The predicted octanol–water partition coefficient (Wildman–Crippen LogP) is 4.31. The number of anilines is 1. The molecule has 0 aliphatic carbocycles. The van der Waals surface area contributed by atoms with Crippen molar-refractivity contribution in [2.75, 3.05) is 31.1 Å². The fraction of sp³-hybridized carbons (Fsp3) is 0.273. The molecule has 28 heavy (non-hydrogen) atoms. The van der Waals surface area contributed by atoms with Crippen LogP contribution in [0.25, 0.3) is 11.3 Å². The molecular weight excluding hydrogens is 372 g/mol. The Labute approximate surface area is 169 Å². The average molecular weight is 395 g/mol. The minimum absolute atomic E-state index is 0.00154. The van der Waals surface area contributed by atoms with Crippen LogP contribution >= 0.6 is 11.6 Å². The molecule has 4 rings (SSSR count). The summed E-state index contributed by atoms with van der Waals surface area (Å²) in [4.78, 5) is 17.0. The number of rotatable bonds is 3. The molecule has 5 nitrogen and oxygen atoms in total.